The van der Waals surface area contributed by atoms with Crippen molar-refractivity contribution >= 4 is 23.1 Å². The third kappa shape index (κ3) is 5.49. The normalized spacial score (nSPS) is 11.7. The van der Waals surface area contributed by atoms with Crippen molar-refractivity contribution < 1.29 is 25.2 Å². The molecule has 0 saturated carbocycles. The molecular weight excluding hydrogens is 336 g/mol. The summed E-state index contributed by atoms with van der Waals surface area (Å²) in [6, 6.07) is -0.647. The van der Waals surface area contributed by atoms with Crippen molar-refractivity contribution in [3.8, 4) is 0 Å². The number of rotatable bonds is 7. The molecule has 12 nitrogen and oxygen atoms in total. The average molecular weight is 360 g/mol. The molecule has 0 aliphatic heterocycles. The molecule has 0 fully saturated rings. The second kappa shape index (κ2) is 9.68. The van der Waals surface area contributed by atoms with Crippen LogP contribution in [-0.2, 0) is 21.0 Å². The molecule has 0 bridgehead atoms. The number of carbonyl (C=O) groups excluding carboxylic acids is 1. The molecular formula is C13H24N6O6. The Morgan fingerprint density at radius 1 is 1.36 bits per heavy atom. The summed E-state index contributed by atoms with van der Waals surface area (Å²) >= 11 is 0. The van der Waals surface area contributed by atoms with Crippen LogP contribution >= 0.6 is 0 Å². The lowest BCUT2D eigenvalue weighted by Gasteiger charge is -2.14. The van der Waals surface area contributed by atoms with Crippen molar-refractivity contribution in [1.82, 2.24) is 19.5 Å². The highest BCUT2D eigenvalue weighted by molar-refractivity contribution is 5.75. The number of nitrogens with one attached hydrogen (secondary N) is 1. The smallest absolute Gasteiger partial charge is 0.323 e. The molecule has 0 spiro atoms. The van der Waals surface area contributed by atoms with Crippen molar-refractivity contribution in [2.24, 2.45) is 11.7 Å². The van der Waals surface area contributed by atoms with E-state index in [2.05, 4.69) is 15.0 Å². The van der Waals surface area contributed by atoms with Gasteiger partial charge in [-0.1, -0.05) is 13.8 Å². The number of esters is 1. The van der Waals surface area contributed by atoms with Gasteiger partial charge < -0.3 is 31.9 Å². The number of aromatic nitrogens is 4. The maximum atomic E-state index is 11.6. The van der Waals surface area contributed by atoms with Gasteiger partial charge in [0.25, 0.3) is 5.56 Å². The van der Waals surface area contributed by atoms with E-state index < -0.39 is 17.6 Å². The monoisotopic (exact) mass is 360 g/mol. The van der Waals surface area contributed by atoms with Crippen LogP contribution in [0.15, 0.2) is 11.1 Å². The second-order valence-electron chi connectivity index (χ2n) is 5.31. The highest BCUT2D eigenvalue weighted by Crippen LogP contribution is 2.06. The first-order valence-electron chi connectivity index (χ1n) is 7.10. The van der Waals surface area contributed by atoms with E-state index in [0.29, 0.717) is 5.65 Å². The molecule has 12 heteroatoms. The van der Waals surface area contributed by atoms with E-state index in [-0.39, 0.29) is 48.3 Å². The molecule has 0 saturated heterocycles. The molecule has 0 aliphatic rings. The summed E-state index contributed by atoms with van der Waals surface area (Å²) in [4.78, 5) is 33.5. The number of carbonyl (C=O) groups is 1. The molecule has 2 heterocycles. The molecule has 25 heavy (non-hydrogen) atoms. The minimum Gasteiger partial charge on any atom is -0.462 e. The summed E-state index contributed by atoms with van der Waals surface area (Å²) in [6.07, 6.45) is 1.42. The van der Waals surface area contributed by atoms with E-state index >= 15 is 0 Å². The molecule has 1 unspecified atom stereocenters. The van der Waals surface area contributed by atoms with E-state index in [1.54, 1.807) is 0 Å². The number of nitrogen functional groups attached to an aromatic ring is 1. The number of aromatic amines is 1. The predicted octanol–water partition coefficient (Wildman–Crippen LogP) is -2.45. The van der Waals surface area contributed by atoms with Crippen LogP contribution in [0.4, 0.5) is 5.95 Å². The zero-order valence-corrected chi connectivity index (χ0v) is 14.0. The van der Waals surface area contributed by atoms with Gasteiger partial charge in [-0.05, 0) is 5.92 Å². The number of hydrogen-bond acceptors (Lipinski definition) is 8. The SMILES string of the molecule is CC(C)C(N)C(=O)OCCOCn1cnc2c(=O)[nH]c(N)nc21.O.O. The molecule has 9 N–H and O–H groups in total. The summed E-state index contributed by atoms with van der Waals surface area (Å²) in [7, 11) is 0. The zero-order chi connectivity index (χ0) is 17.0. The van der Waals surface area contributed by atoms with Crippen LogP contribution < -0.4 is 17.0 Å². The molecule has 0 amide bonds. The summed E-state index contributed by atoms with van der Waals surface area (Å²) < 4.78 is 11.9. The minimum atomic E-state index is -0.647. The molecule has 0 aliphatic carbocycles. The van der Waals surface area contributed by atoms with Crippen molar-refractivity contribution in [1.29, 1.82) is 0 Å². The van der Waals surface area contributed by atoms with Crippen molar-refractivity contribution in [2.45, 2.75) is 26.6 Å². The summed E-state index contributed by atoms with van der Waals surface area (Å²) in [5.41, 5.74) is 11.2. The van der Waals surface area contributed by atoms with Crippen LogP contribution in [0.1, 0.15) is 13.8 Å². The lowest BCUT2D eigenvalue weighted by molar-refractivity contribution is -0.148. The lowest BCUT2D eigenvalue weighted by atomic mass is 10.1. The first kappa shape index (κ1) is 22.5. The van der Waals surface area contributed by atoms with Crippen LogP contribution in [0.5, 0.6) is 0 Å². The van der Waals surface area contributed by atoms with E-state index in [0.717, 1.165) is 0 Å². The molecule has 2 rings (SSSR count). The number of H-pyrrole nitrogens is 1. The molecule has 0 aromatic carbocycles. The Morgan fingerprint density at radius 2 is 2.04 bits per heavy atom. The Bertz CT molecular complexity index is 742. The quantitative estimate of drug-likeness (QED) is 0.355. The predicted molar refractivity (Wildman–Crippen MR) is 89.5 cm³/mol. The number of nitrogens with two attached hydrogens (primary N) is 2. The van der Waals surface area contributed by atoms with Gasteiger partial charge >= 0.3 is 5.97 Å². The lowest BCUT2D eigenvalue weighted by Crippen LogP contribution is -2.37. The fourth-order valence-electron chi connectivity index (χ4n) is 1.80. The highest BCUT2D eigenvalue weighted by atomic mass is 16.6. The van der Waals surface area contributed by atoms with Crippen molar-refractivity contribution in [2.75, 3.05) is 18.9 Å². The first-order valence-corrected chi connectivity index (χ1v) is 7.10. The van der Waals surface area contributed by atoms with Gasteiger partial charge in [-0.2, -0.15) is 4.98 Å². The maximum Gasteiger partial charge on any atom is 0.323 e. The largest absolute Gasteiger partial charge is 0.462 e. The molecule has 2 aromatic rings. The van der Waals surface area contributed by atoms with Gasteiger partial charge in [0.1, 0.15) is 19.4 Å². The Balaban J connectivity index is 0.00000288. The molecule has 2 aromatic heterocycles. The summed E-state index contributed by atoms with van der Waals surface area (Å²) in [6.45, 7) is 4.04. The summed E-state index contributed by atoms with van der Waals surface area (Å²) in [5.74, 6) is -0.450. The molecule has 0 radical (unpaired) electrons. The minimum absolute atomic E-state index is 0. The standard InChI is InChI=1S/C13H20N6O4.2H2O/c1-7(2)8(14)12(21)23-4-3-22-6-19-5-16-9-10(19)17-13(15)18-11(9)20;;/h5,7-8H,3-4,6,14H2,1-2H3,(H3,15,17,18,20);2*1H2. The molecule has 142 valence electrons. The highest BCUT2D eigenvalue weighted by Gasteiger charge is 2.18. The fourth-order valence-corrected chi connectivity index (χ4v) is 1.80. The number of nitrogens with zero attached hydrogens (tertiary/aromatic N) is 3. The third-order valence-electron chi connectivity index (χ3n) is 3.19. The van der Waals surface area contributed by atoms with Gasteiger partial charge in [-0.3, -0.25) is 19.1 Å². The van der Waals surface area contributed by atoms with E-state index in [1.165, 1.54) is 10.9 Å². The maximum absolute atomic E-state index is 11.6. The Labute approximate surface area is 142 Å². The number of ether oxygens (including phenoxy) is 2. The fraction of sp³-hybridized carbons (Fsp3) is 0.538. The van der Waals surface area contributed by atoms with Crippen molar-refractivity contribution in [3.05, 3.63) is 16.7 Å². The van der Waals surface area contributed by atoms with Crippen LogP contribution in [0, 0.1) is 5.92 Å². The van der Waals surface area contributed by atoms with E-state index in [9.17, 15) is 9.59 Å². The Morgan fingerprint density at radius 3 is 2.68 bits per heavy atom. The average Bonchev–Trinajstić information content (AvgIpc) is 2.89. The number of anilines is 1. The van der Waals surface area contributed by atoms with Crippen LogP contribution in [0.25, 0.3) is 11.2 Å². The van der Waals surface area contributed by atoms with Gasteiger partial charge in [-0.25, -0.2) is 4.98 Å². The number of fused-ring (bicyclic) bond motifs is 1. The van der Waals surface area contributed by atoms with E-state index in [1.807, 2.05) is 13.8 Å². The number of hydrogen-bond donors (Lipinski definition) is 3. The van der Waals surface area contributed by atoms with Gasteiger partial charge in [0, 0.05) is 0 Å². The second-order valence-corrected chi connectivity index (χ2v) is 5.31. The number of imidazole rings is 1. The van der Waals surface area contributed by atoms with Gasteiger partial charge in [0.15, 0.2) is 11.2 Å². The van der Waals surface area contributed by atoms with Crippen LogP contribution in [0.3, 0.4) is 0 Å². The van der Waals surface area contributed by atoms with E-state index in [4.69, 9.17) is 20.9 Å². The van der Waals surface area contributed by atoms with Gasteiger partial charge in [0.05, 0.1) is 12.9 Å². The van der Waals surface area contributed by atoms with Crippen molar-refractivity contribution in [3.63, 3.8) is 0 Å². The van der Waals surface area contributed by atoms with Crippen LogP contribution in [0.2, 0.25) is 0 Å². The summed E-state index contributed by atoms with van der Waals surface area (Å²) in [5, 5.41) is 0. The molecule has 1 atom stereocenters. The first-order chi connectivity index (χ1) is 10.9. The Kier molecular flexibility index (Phi) is 8.70. The topological polar surface area (TPSA) is 214 Å². The van der Waals surface area contributed by atoms with Crippen LogP contribution in [-0.4, -0.2) is 55.7 Å². The van der Waals surface area contributed by atoms with Gasteiger partial charge in [0.2, 0.25) is 5.95 Å². The van der Waals surface area contributed by atoms with Gasteiger partial charge in [-0.15, -0.1) is 0 Å². The zero-order valence-electron chi connectivity index (χ0n) is 14.0. The third-order valence-corrected chi connectivity index (χ3v) is 3.19. The Hall–Kier alpha value is -2.54.